The summed E-state index contributed by atoms with van der Waals surface area (Å²) in [5, 5.41) is 0. The number of benzene rings is 1. The fraction of sp³-hybridized carbons (Fsp3) is 0.680. The smallest absolute Gasteiger partial charge is 0.308 e. The van der Waals surface area contributed by atoms with Crippen LogP contribution in [0, 0.1) is 17.8 Å². The van der Waals surface area contributed by atoms with Gasteiger partial charge in [0.05, 0.1) is 0 Å². The van der Waals surface area contributed by atoms with Gasteiger partial charge in [0, 0.05) is 13.8 Å². The minimum Gasteiger partial charge on any atom is -0.462 e. The third-order valence-corrected chi connectivity index (χ3v) is 7.74. The van der Waals surface area contributed by atoms with Crippen LogP contribution in [0.3, 0.4) is 0 Å². The molecule has 2 bridgehead atoms. The lowest BCUT2D eigenvalue weighted by Gasteiger charge is -2.37. The van der Waals surface area contributed by atoms with Crippen LogP contribution in [-0.2, 0) is 14.3 Å². The summed E-state index contributed by atoms with van der Waals surface area (Å²) >= 11 is 0. The fourth-order valence-electron chi connectivity index (χ4n) is 6.54. The van der Waals surface area contributed by atoms with Crippen LogP contribution in [0.5, 0.6) is 5.75 Å². The monoisotopic (exact) mass is 398 g/mol. The maximum atomic E-state index is 11.5. The Morgan fingerprint density at radius 3 is 2.45 bits per heavy atom. The van der Waals surface area contributed by atoms with Crippen molar-refractivity contribution in [1.29, 1.82) is 0 Å². The highest BCUT2D eigenvalue weighted by Crippen LogP contribution is 2.54. The molecule has 2 unspecified atom stereocenters. The predicted octanol–water partition coefficient (Wildman–Crippen LogP) is 5.74. The number of hydrogen-bond acceptors (Lipinski definition) is 4. The first-order chi connectivity index (χ1) is 14.0. The van der Waals surface area contributed by atoms with E-state index >= 15 is 0 Å². The molecule has 3 aliphatic rings. The molecule has 0 aliphatic heterocycles. The van der Waals surface area contributed by atoms with Crippen molar-refractivity contribution >= 4 is 11.9 Å². The molecular weight excluding hydrogens is 364 g/mol. The minimum atomic E-state index is -0.260. The molecule has 0 amide bonds. The van der Waals surface area contributed by atoms with Crippen LogP contribution in [0.15, 0.2) is 18.2 Å². The Kier molecular flexibility index (Phi) is 5.98. The molecule has 0 N–H and O–H groups in total. The summed E-state index contributed by atoms with van der Waals surface area (Å²) in [6.07, 6.45) is 9.42. The summed E-state index contributed by atoms with van der Waals surface area (Å²) in [6, 6.07) is 6.35. The van der Waals surface area contributed by atoms with E-state index in [2.05, 4.69) is 19.1 Å². The van der Waals surface area contributed by atoms with E-state index in [1.165, 1.54) is 57.1 Å². The van der Waals surface area contributed by atoms with Gasteiger partial charge in [-0.05, 0) is 104 Å². The zero-order chi connectivity index (χ0) is 20.5. The zero-order valence-corrected chi connectivity index (χ0v) is 18.0. The zero-order valence-electron chi connectivity index (χ0n) is 18.0. The molecule has 0 aromatic heterocycles. The third-order valence-electron chi connectivity index (χ3n) is 7.74. The van der Waals surface area contributed by atoms with Crippen LogP contribution in [0.1, 0.15) is 95.1 Å². The van der Waals surface area contributed by atoms with Gasteiger partial charge in [0.25, 0.3) is 0 Å². The van der Waals surface area contributed by atoms with Crippen molar-refractivity contribution in [3.05, 3.63) is 29.3 Å². The third kappa shape index (κ3) is 4.22. The van der Waals surface area contributed by atoms with Gasteiger partial charge in [-0.2, -0.15) is 0 Å². The number of fused-ring (bicyclic) bond motifs is 6. The van der Waals surface area contributed by atoms with Crippen LogP contribution in [-0.4, -0.2) is 18.0 Å². The molecular formula is C25H34O4. The van der Waals surface area contributed by atoms with E-state index in [4.69, 9.17) is 9.47 Å². The van der Waals surface area contributed by atoms with Crippen molar-refractivity contribution in [3.63, 3.8) is 0 Å². The number of rotatable bonds is 3. The molecule has 4 nitrogen and oxygen atoms in total. The van der Waals surface area contributed by atoms with Crippen LogP contribution in [0.4, 0.5) is 0 Å². The Morgan fingerprint density at radius 1 is 0.931 bits per heavy atom. The van der Waals surface area contributed by atoms with E-state index in [-0.39, 0.29) is 18.0 Å². The summed E-state index contributed by atoms with van der Waals surface area (Å²) in [6.45, 7) is 5.27. The summed E-state index contributed by atoms with van der Waals surface area (Å²) < 4.78 is 11.1. The van der Waals surface area contributed by atoms with Gasteiger partial charge in [0.15, 0.2) is 0 Å². The van der Waals surface area contributed by atoms with Crippen LogP contribution >= 0.6 is 0 Å². The number of ether oxygens (including phenoxy) is 2. The Morgan fingerprint density at radius 2 is 1.72 bits per heavy atom. The van der Waals surface area contributed by atoms with E-state index in [1.807, 2.05) is 6.07 Å². The molecule has 2 saturated carbocycles. The highest BCUT2D eigenvalue weighted by atomic mass is 16.5. The highest BCUT2D eigenvalue weighted by molar-refractivity contribution is 5.69. The average molecular weight is 399 g/mol. The van der Waals surface area contributed by atoms with Gasteiger partial charge in [-0.1, -0.05) is 13.0 Å². The average Bonchev–Trinajstić information content (AvgIpc) is 2.91. The summed E-state index contributed by atoms with van der Waals surface area (Å²) in [4.78, 5) is 23.0. The van der Waals surface area contributed by atoms with Gasteiger partial charge in [-0.15, -0.1) is 0 Å². The van der Waals surface area contributed by atoms with Crippen molar-refractivity contribution < 1.29 is 19.1 Å². The fourth-order valence-corrected chi connectivity index (χ4v) is 6.54. The largest absolute Gasteiger partial charge is 0.462 e. The first kappa shape index (κ1) is 20.4. The summed E-state index contributed by atoms with van der Waals surface area (Å²) in [5.41, 5.74) is 2.87. The van der Waals surface area contributed by atoms with Crippen molar-refractivity contribution in [2.45, 2.75) is 90.1 Å². The number of carbonyl (C=O) groups excluding carboxylic acids is 2. The number of hydrogen-bond donors (Lipinski definition) is 0. The van der Waals surface area contributed by atoms with Gasteiger partial charge in [-0.3, -0.25) is 9.59 Å². The van der Waals surface area contributed by atoms with E-state index in [1.54, 1.807) is 0 Å². The Balaban J connectivity index is 1.65. The second-order valence-electron chi connectivity index (χ2n) is 9.40. The normalized spacial score (nSPS) is 33.5. The predicted molar refractivity (Wildman–Crippen MR) is 112 cm³/mol. The Bertz CT molecular complexity index is 770. The van der Waals surface area contributed by atoms with Crippen molar-refractivity contribution in [3.8, 4) is 5.75 Å². The summed E-state index contributed by atoms with van der Waals surface area (Å²) in [7, 11) is 0. The number of esters is 2. The van der Waals surface area contributed by atoms with E-state index in [9.17, 15) is 9.59 Å². The van der Waals surface area contributed by atoms with Gasteiger partial charge in [-0.25, -0.2) is 0 Å². The first-order valence-corrected chi connectivity index (χ1v) is 11.5. The molecule has 4 heteroatoms. The molecule has 0 heterocycles. The highest BCUT2D eigenvalue weighted by Gasteiger charge is 2.43. The van der Waals surface area contributed by atoms with Crippen LogP contribution in [0.25, 0.3) is 0 Å². The molecule has 0 saturated heterocycles. The second-order valence-corrected chi connectivity index (χ2v) is 9.40. The molecule has 158 valence electrons. The van der Waals surface area contributed by atoms with Crippen molar-refractivity contribution in [2.75, 3.05) is 0 Å². The van der Waals surface area contributed by atoms with E-state index in [0.29, 0.717) is 29.4 Å². The lowest BCUT2D eigenvalue weighted by Crippen LogP contribution is -2.33. The summed E-state index contributed by atoms with van der Waals surface area (Å²) in [5.74, 6) is 3.35. The molecule has 2 fully saturated rings. The molecule has 0 radical (unpaired) electrons. The standard InChI is InChI=1S/C25H34O4/c1-4-17-5-9-21-18-7-12-25(29-16(3)27)19(13-18)6-10-22(21)23-11-8-20(14-24(17)23)28-15(2)26/h8,11,14,17-19,21-22,25H,4-7,9-10,12-13H2,1-3H3/t17-,18?,19-,21-,22+,25?/m1/s1. The maximum Gasteiger partial charge on any atom is 0.308 e. The quantitative estimate of drug-likeness (QED) is 0.481. The van der Waals surface area contributed by atoms with E-state index < -0.39 is 0 Å². The molecule has 4 rings (SSSR count). The molecule has 1 aromatic rings. The molecule has 3 aliphatic carbocycles. The topological polar surface area (TPSA) is 52.6 Å². The molecule has 0 spiro atoms. The van der Waals surface area contributed by atoms with Crippen LogP contribution < -0.4 is 4.74 Å². The minimum absolute atomic E-state index is 0.111. The molecule has 29 heavy (non-hydrogen) atoms. The number of carbonyl (C=O) groups is 2. The van der Waals surface area contributed by atoms with Crippen LogP contribution in [0.2, 0.25) is 0 Å². The van der Waals surface area contributed by atoms with Crippen molar-refractivity contribution in [1.82, 2.24) is 0 Å². The van der Waals surface area contributed by atoms with Crippen molar-refractivity contribution in [2.24, 2.45) is 17.8 Å². The van der Waals surface area contributed by atoms with Gasteiger partial charge >= 0.3 is 11.9 Å². The first-order valence-electron chi connectivity index (χ1n) is 11.5. The Hall–Kier alpha value is -1.84. The maximum absolute atomic E-state index is 11.5. The van der Waals surface area contributed by atoms with Gasteiger partial charge in [0.1, 0.15) is 11.9 Å². The molecule has 1 aromatic carbocycles. The molecule has 6 atom stereocenters. The van der Waals surface area contributed by atoms with E-state index in [0.717, 1.165) is 25.2 Å². The lowest BCUT2D eigenvalue weighted by molar-refractivity contribution is -0.151. The van der Waals surface area contributed by atoms with Gasteiger partial charge in [0.2, 0.25) is 0 Å². The second kappa shape index (κ2) is 8.49. The SMILES string of the molecule is CC[C@@H]1CC[C@@H]2C3CCC(OC(C)=O)[C@H](CC[C@@H]2c2ccc(OC(C)=O)cc21)C3. The Labute approximate surface area is 174 Å². The van der Waals surface area contributed by atoms with Gasteiger partial charge < -0.3 is 9.47 Å². The lowest BCUT2D eigenvalue weighted by atomic mass is 9.70.